The monoisotopic (exact) mass is 305 g/mol. The molecule has 0 aliphatic heterocycles. The van der Waals surface area contributed by atoms with Crippen molar-refractivity contribution in [2.45, 2.75) is 44.4 Å². The average Bonchev–Trinajstić information content (AvgIpc) is 2.45. The largest absolute Gasteiger partial charge is 0.481 e. The summed E-state index contributed by atoms with van der Waals surface area (Å²) in [7, 11) is 1.57. The summed E-state index contributed by atoms with van der Waals surface area (Å²) >= 11 is 0. The fourth-order valence-corrected chi connectivity index (χ4v) is 3.44. The van der Waals surface area contributed by atoms with Crippen molar-refractivity contribution in [2.24, 2.45) is 11.1 Å². The van der Waals surface area contributed by atoms with E-state index in [0.717, 1.165) is 24.8 Å². The minimum absolute atomic E-state index is 0.0633. The molecule has 1 amide bonds. The van der Waals surface area contributed by atoms with Crippen molar-refractivity contribution in [2.75, 3.05) is 13.7 Å². The third-order valence-electron chi connectivity index (χ3n) is 5.05. The summed E-state index contributed by atoms with van der Waals surface area (Å²) in [5.41, 5.74) is 7.17. The van der Waals surface area contributed by atoms with E-state index in [0.29, 0.717) is 12.5 Å². The lowest BCUT2D eigenvalue weighted by molar-refractivity contribution is -0.132. The number of nitrogens with two attached hydrogens (primary N) is 1. The van der Waals surface area contributed by atoms with Crippen molar-refractivity contribution in [1.82, 2.24) is 10.3 Å². The molecule has 2 unspecified atom stereocenters. The van der Waals surface area contributed by atoms with Gasteiger partial charge in [-0.15, -0.1) is 0 Å². The Bertz CT molecular complexity index is 528. The molecule has 1 heterocycles. The lowest BCUT2D eigenvalue weighted by Gasteiger charge is -2.60. The summed E-state index contributed by atoms with van der Waals surface area (Å²) < 4.78 is 10.4. The fourth-order valence-electron chi connectivity index (χ4n) is 3.44. The second-order valence-corrected chi connectivity index (χ2v) is 6.25. The zero-order valence-electron chi connectivity index (χ0n) is 12.9. The summed E-state index contributed by atoms with van der Waals surface area (Å²) in [5, 5.41) is 3.06. The van der Waals surface area contributed by atoms with Crippen molar-refractivity contribution < 1.29 is 14.3 Å². The second-order valence-electron chi connectivity index (χ2n) is 6.25. The lowest BCUT2D eigenvalue weighted by atomic mass is 9.50. The predicted octanol–water partition coefficient (Wildman–Crippen LogP) is 0.993. The van der Waals surface area contributed by atoms with Crippen LogP contribution in [-0.4, -0.2) is 36.7 Å². The van der Waals surface area contributed by atoms with E-state index in [2.05, 4.69) is 10.3 Å². The van der Waals surface area contributed by atoms with Crippen molar-refractivity contribution in [1.29, 1.82) is 0 Å². The van der Waals surface area contributed by atoms with Crippen LogP contribution in [0.2, 0.25) is 0 Å². The molecule has 6 nitrogen and oxygen atoms in total. The Morgan fingerprint density at radius 3 is 2.86 bits per heavy atom. The van der Waals surface area contributed by atoms with E-state index in [1.165, 1.54) is 6.42 Å². The van der Waals surface area contributed by atoms with Gasteiger partial charge >= 0.3 is 0 Å². The van der Waals surface area contributed by atoms with E-state index in [1.807, 2.05) is 6.07 Å². The number of carbonyl (C=O) groups excluding carboxylic acids is 1. The molecule has 0 saturated heterocycles. The van der Waals surface area contributed by atoms with Crippen LogP contribution in [-0.2, 0) is 16.1 Å². The molecule has 2 atom stereocenters. The third kappa shape index (κ3) is 2.80. The molecule has 1 spiro atoms. The second kappa shape index (κ2) is 6.22. The first-order valence-electron chi connectivity index (χ1n) is 7.76. The van der Waals surface area contributed by atoms with Crippen molar-refractivity contribution >= 4 is 5.91 Å². The molecule has 6 heteroatoms. The topological polar surface area (TPSA) is 86.5 Å². The molecule has 2 aliphatic carbocycles. The number of pyridine rings is 1. The van der Waals surface area contributed by atoms with Crippen LogP contribution >= 0.6 is 0 Å². The van der Waals surface area contributed by atoms with Gasteiger partial charge in [0.15, 0.2) is 0 Å². The number of amides is 1. The Hall–Kier alpha value is -1.66. The number of ether oxygens (including phenoxy) is 2. The highest BCUT2D eigenvalue weighted by molar-refractivity contribution is 5.77. The number of aromatic nitrogens is 1. The number of nitrogens with one attached hydrogen (secondary N) is 1. The Labute approximate surface area is 130 Å². The first kappa shape index (κ1) is 15.2. The first-order valence-corrected chi connectivity index (χ1v) is 7.76. The number of hydrogen-bond donors (Lipinski definition) is 2. The minimum atomic E-state index is -0.0651. The zero-order chi connectivity index (χ0) is 15.6. The van der Waals surface area contributed by atoms with Crippen LogP contribution in [0.4, 0.5) is 0 Å². The van der Waals surface area contributed by atoms with Crippen LogP contribution < -0.4 is 15.8 Å². The zero-order valence-corrected chi connectivity index (χ0v) is 12.9. The van der Waals surface area contributed by atoms with Gasteiger partial charge in [-0.3, -0.25) is 4.79 Å². The molecule has 1 aromatic rings. The van der Waals surface area contributed by atoms with E-state index in [1.54, 1.807) is 19.4 Å². The van der Waals surface area contributed by atoms with E-state index in [4.69, 9.17) is 15.2 Å². The Morgan fingerprint density at radius 2 is 2.32 bits per heavy atom. The predicted molar refractivity (Wildman–Crippen MR) is 81.3 cm³/mol. The molecular formula is C16H23N3O3. The number of rotatable bonds is 6. The van der Waals surface area contributed by atoms with E-state index < -0.39 is 0 Å². The molecule has 3 rings (SSSR count). The van der Waals surface area contributed by atoms with Gasteiger partial charge in [-0.05, 0) is 30.9 Å². The van der Waals surface area contributed by atoms with Crippen LogP contribution in [0.3, 0.4) is 0 Å². The molecule has 120 valence electrons. The van der Waals surface area contributed by atoms with Crippen LogP contribution in [0.25, 0.3) is 0 Å². The maximum absolute atomic E-state index is 12.0. The molecular weight excluding hydrogens is 282 g/mol. The van der Waals surface area contributed by atoms with Gasteiger partial charge in [-0.25, -0.2) is 4.98 Å². The van der Waals surface area contributed by atoms with E-state index in [9.17, 15) is 4.79 Å². The molecule has 0 aromatic carbocycles. The molecule has 0 radical (unpaired) electrons. The van der Waals surface area contributed by atoms with Gasteiger partial charge in [-0.1, -0.05) is 6.42 Å². The minimum Gasteiger partial charge on any atom is -0.481 e. The highest BCUT2D eigenvalue weighted by atomic mass is 16.5. The first-order chi connectivity index (χ1) is 10.6. The van der Waals surface area contributed by atoms with Gasteiger partial charge < -0.3 is 20.5 Å². The average molecular weight is 305 g/mol. The summed E-state index contributed by atoms with van der Waals surface area (Å²) in [6.45, 7) is 0.424. The van der Waals surface area contributed by atoms with Crippen LogP contribution in [0, 0.1) is 5.41 Å². The quantitative estimate of drug-likeness (QED) is 0.818. The number of carbonyl (C=O) groups is 1. The molecule has 2 saturated carbocycles. The van der Waals surface area contributed by atoms with Crippen LogP contribution in [0.15, 0.2) is 18.3 Å². The Kier molecular flexibility index (Phi) is 4.31. The molecule has 1 aromatic heterocycles. The lowest BCUT2D eigenvalue weighted by Crippen LogP contribution is -2.70. The van der Waals surface area contributed by atoms with Crippen molar-refractivity contribution in [3.63, 3.8) is 0 Å². The summed E-state index contributed by atoms with van der Waals surface area (Å²) in [4.78, 5) is 16.1. The van der Waals surface area contributed by atoms with Gasteiger partial charge in [0.1, 0.15) is 6.61 Å². The Balaban J connectivity index is 1.39. The smallest absolute Gasteiger partial charge is 0.246 e. The number of methoxy groups -OCH3 is 1. The van der Waals surface area contributed by atoms with Gasteiger partial charge in [0.05, 0.1) is 13.7 Å². The standard InChI is InChI=1S/C16H23N3O3/c1-21-15-4-3-11(8-18-15)9-22-10-14(20)19-13-7-12(17)16(13)5-2-6-16/h3-4,8,12-13H,2,5-7,9-10,17H2,1H3,(H,19,20). The van der Waals surface area contributed by atoms with Crippen molar-refractivity contribution in [3.8, 4) is 5.88 Å². The highest BCUT2D eigenvalue weighted by Gasteiger charge is 2.56. The van der Waals surface area contributed by atoms with Gasteiger partial charge in [0.2, 0.25) is 11.8 Å². The van der Waals surface area contributed by atoms with Gasteiger partial charge in [0, 0.05) is 29.8 Å². The molecule has 22 heavy (non-hydrogen) atoms. The highest BCUT2D eigenvalue weighted by Crippen LogP contribution is 2.54. The maximum atomic E-state index is 12.0. The Morgan fingerprint density at radius 1 is 1.50 bits per heavy atom. The normalized spacial score (nSPS) is 25.2. The number of hydrogen-bond acceptors (Lipinski definition) is 5. The maximum Gasteiger partial charge on any atom is 0.246 e. The molecule has 2 aliphatic rings. The van der Waals surface area contributed by atoms with E-state index >= 15 is 0 Å². The SMILES string of the molecule is COc1ccc(COCC(=O)NC2CC(N)C23CCC3)cn1. The molecule has 2 fully saturated rings. The molecule has 0 bridgehead atoms. The van der Waals surface area contributed by atoms with E-state index in [-0.39, 0.29) is 30.0 Å². The number of nitrogens with zero attached hydrogens (tertiary/aromatic N) is 1. The van der Waals surface area contributed by atoms with Gasteiger partial charge in [0.25, 0.3) is 0 Å². The van der Waals surface area contributed by atoms with Crippen molar-refractivity contribution in [3.05, 3.63) is 23.9 Å². The summed E-state index contributed by atoms with van der Waals surface area (Å²) in [5.74, 6) is 0.498. The molecule has 3 N–H and O–H groups in total. The van der Waals surface area contributed by atoms with Gasteiger partial charge in [-0.2, -0.15) is 0 Å². The third-order valence-corrected chi connectivity index (χ3v) is 5.05. The summed E-state index contributed by atoms with van der Waals surface area (Å²) in [6.07, 6.45) is 6.06. The summed E-state index contributed by atoms with van der Waals surface area (Å²) in [6, 6.07) is 4.13. The van der Waals surface area contributed by atoms with Crippen LogP contribution in [0.5, 0.6) is 5.88 Å². The fraction of sp³-hybridized carbons (Fsp3) is 0.625. The van der Waals surface area contributed by atoms with Crippen LogP contribution in [0.1, 0.15) is 31.2 Å².